The van der Waals surface area contributed by atoms with Gasteiger partial charge in [0.25, 0.3) is 0 Å². The van der Waals surface area contributed by atoms with Gasteiger partial charge in [-0.05, 0) is 13.0 Å². The summed E-state index contributed by atoms with van der Waals surface area (Å²) in [6.45, 7) is 5.22. The van der Waals surface area contributed by atoms with Crippen LogP contribution in [0.15, 0.2) is 24.5 Å². The Morgan fingerprint density at radius 1 is 1.24 bits per heavy atom. The van der Waals surface area contributed by atoms with Crippen LogP contribution in [0.4, 0.5) is 0 Å². The predicted octanol–water partition coefficient (Wildman–Crippen LogP) is 1.23. The summed E-state index contributed by atoms with van der Waals surface area (Å²) < 4.78 is 12.7. The number of hydrogen-bond acceptors (Lipinski definition) is 3. The molecule has 0 aliphatic carbocycles. The topological polar surface area (TPSA) is 46.1 Å². The largest absolute Gasteiger partial charge is 0.378 e. The highest BCUT2D eigenvalue weighted by atomic mass is 16.5. The van der Waals surface area contributed by atoms with Crippen LogP contribution < -0.4 is 4.57 Å². The summed E-state index contributed by atoms with van der Waals surface area (Å²) in [7, 11) is 0. The van der Waals surface area contributed by atoms with Crippen LogP contribution in [0.2, 0.25) is 0 Å². The third-order valence-corrected chi connectivity index (χ3v) is 2.23. The van der Waals surface area contributed by atoms with E-state index in [0.717, 1.165) is 6.54 Å². The number of nitrogens with zero attached hydrogens (tertiary/aromatic N) is 2. The van der Waals surface area contributed by atoms with Crippen molar-refractivity contribution >= 4 is 0 Å². The van der Waals surface area contributed by atoms with Crippen molar-refractivity contribution in [2.45, 2.75) is 19.9 Å². The molecular formula is C13H19N2O2+. The molecule has 0 aromatic carbocycles. The van der Waals surface area contributed by atoms with Gasteiger partial charge >= 0.3 is 0 Å². The first-order valence-corrected chi connectivity index (χ1v) is 5.81. The molecule has 0 saturated carbocycles. The summed E-state index contributed by atoms with van der Waals surface area (Å²) >= 11 is 0. The van der Waals surface area contributed by atoms with Crippen molar-refractivity contribution in [2.24, 2.45) is 0 Å². The van der Waals surface area contributed by atoms with Gasteiger partial charge in [0.1, 0.15) is 6.61 Å². The molecule has 4 heteroatoms. The second-order valence-electron chi connectivity index (χ2n) is 3.75. The van der Waals surface area contributed by atoms with Crippen LogP contribution in [0.25, 0.3) is 0 Å². The van der Waals surface area contributed by atoms with Gasteiger partial charge in [-0.15, -0.1) is 0 Å². The van der Waals surface area contributed by atoms with Crippen molar-refractivity contribution in [3.8, 4) is 6.07 Å². The van der Waals surface area contributed by atoms with Crippen LogP contribution in [0.3, 0.4) is 0 Å². The minimum atomic E-state index is 0.444. The van der Waals surface area contributed by atoms with Gasteiger partial charge in [0, 0.05) is 11.6 Å². The number of ether oxygens (including phenoxy) is 2. The average Bonchev–Trinajstić information content (AvgIpc) is 2.33. The molecule has 17 heavy (non-hydrogen) atoms. The lowest BCUT2D eigenvalue weighted by molar-refractivity contribution is -0.698. The van der Waals surface area contributed by atoms with E-state index in [4.69, 9.17) is 14.7 Å². The molecule has 0 amide bonds. The maximum Gasteiger partial charge on any atom is 0.171 e. The smallest absolute Gasteiger partial charge is 0.171 e. The third kappa shape index (κ3) is 6.67. The second kappa shape index (κ2) is 8.68. The SMILES string of the molecule is Cc1ccc[n+](CCOCCOCCC#N)c1. The number of pyridine rings is 1. The minimum Gasteiger partial charge on any atom is -0.378 e. The summed E-state index contributed by atoms with van der Waals surface area (Å²) in [5.74, 6) is 0. The maximum atomic E-state index is 8.29. The average molecular weight is 235 g/mol. The van der Waals surface area contributed by atoms with Crippen molar-refractivity contribution in [3.05, 3.63) is 30.1 Å². The van der Waals surface area contributed by atoms with E-state index in [-0.39, 0.29) is 0 Å². The van der Waals surface area contributed by atoms with Gasteiger partial charge in [0.05, 0.1) is 32.3 Å². The minimum absolute atomic E-state index is 0.444. The Kier molecular flexibility index (Phi) is 6.96. The lowest BCUT2D eigenvalue weighted by Crippen LogP contribution is -2.35. The lowest BCUT2D eigenvalue weighted by atomic mass is 10.3. The standard InChI is InChI=1S/C13H19N2O2/c1-13-4-2-6-15(12-13)7-9-17-11-10-16-8-3-5-14/h2,4,6,12H,3,7-11H2,1H3/q+1. The molecular weight excluding hydrogens is 216 g/mol. The van der Waals surface area contributed by atoms with E-state index in [1.807, 2.05) is 18.3 Å². The maximum absolute atomic E-state index is 8.29. The molecule has 0 aliphatic rings. The van der Waals surface area contributed by atoms with Crippen molar-refractivity contribution in [3.63, 3.8) is 0 Å². The van der Waals surface area contributed by atoms with E-state index >= 15 is 0 Å². The molecule has 0 N–H and O–H groups in total. The van der Waals surface area contributed by atoms with Crippen LogP contribution in [-0.4, -0.2) is 26.4 Å². The van der Waals surface area contributed by atoms with Gasteiger partial charge in [-0.3, -0.25) is 0 Å². The van der Waals surface area contributed by atoms with Crippen molar-refractivity contribution < 1.29 is 14.0 Å². The van der Waals surface area contributed by atoms with Crippen LogP contribution in [-0.2, 0) is 16.0 Å². The highest BCUT2D eigenvalue weighted by Crippen LogP contribution is 1.89. The molecule has 1 heterocycles. The molecule has 4 nitrogen and oxygen atoms in total. The molecule has 0 fully saturated rings. The van der Waals surface area contributed by atoms with E-state index in [9.17, 15) is 0 Å². The summed E-state index contributed by atoms with van der Waals surface area (Å²) in [6.07, 6.45) is 4.56. The Labute approximate surface area is 102 Å². The first-order valence-electron chi connectivity index (χ1n) is 5.81. The number of aromatic nitrogens is 1. The summed E-state index contributed by atoms with van der Waals surface area (Å²) in [4.78, 5) is 0. The molecule has 1 aromatic heterocycles. The Balaban J connectivity index is 1.99. The molecule has 0 saturated heterocycles. The fourth-order valence-electron chi connectivity index (χ4n) is 1.40. The zero-order valence-electron chi connectivity index (χ0n) is 10.3. The van der Waals surface area contributed by atoms with E-state index < -0.39 is 0 Å². The van der Waals surface area contributed by atoms with Crippen molar-refractivity contribution in [2.75, 3.05) is 26.4 Å². The molecule has 0 radical (unpaired) electrons. The molecule has 0 bridgehead atoms. The summed E-state index contributed by atoms with van der Waals surface area (Å²) in [5, 5.41) is 8.29. The van der Waals surface area contributed by atoms with Gasteiger partial charge < -0.3 is 9.47 Å². The molecule has 0 atom stereocenters. The first-order chi connectivity index (χ1) is 8.33. The molecule has 1 aromatic rings. The fourth-order valence-corrected chi connectivity index (χ4v) is 1.40. The zero-order chi connectivity index (χ0) is 12.3. The number of nitriles is 1. The third-order valence-electron chi connectivity index (χ3n) is 2.23. The molecule has 92 valence electrons. The number of rotatable bonds is 8. The van der Waals surface area contributed by atoms with Gasteiger partial charge in [-0.1, -0.05) is 0 Å². The molecule has 0 spiro atoms. The van der Waals surface area contributed by atoms with Crippen LogP contribution in [0.5, 0.6) is 0 Å². The highest BCUT2D eigenvalue weighted by Gasteiger charge is 1.99. The molecule has 0 aliphatic heterocycles. The van der Waals surface area contributed by atoms with E-state index in [1.54, 1.807) is 0 Å². The monoisotopic (exact) mass is 235 g/mol. The van der Waals surface area contributed by atoms with Crippen molar-refractivity contribution in [1.82, 2.24) is 0 Å². The fraction of sp³-hybridized carbons (Fsp3) is 0.538. The van der Waals surface area contributed by atoms with Crippen LogP contribution >= 0.6 is 0 Å². The van der Waals surface area contributed by atoms with E-state index in [1.165, 1.54) is 5.56 Å². The van der Waals surface area contributed by atoms with Gasteiger partial charge in [0.2, 0.25) is 0 Å². The van der Waals surface area contributed by atoms with Gasteiger partial charge in [-0.2, -0.15) is 5.26 Å². The Hall–Kier alpha value is -1.44. The van der Waals surface area contributed by atoms with Gasteiger partial charge in [-0.25, -0.2) is 4.57 Å². The Morgan fingerprint density at radius 2 is 2.00 bits per heavy atom. The zero-order valence-corrected chi connectivity index (χ0v) is 10.3. The Bertz CT molecular complexity index is 361. The van der Waals surface area contributed by atoms with Crippen LogP contribution in [0, 0.1) is 18.3 Å². The normalized spacial score (nSPS) is 10.1. The van der Waals surface area contributed by atoms with Crippen molar-refractivity contribution in [1.29, 1.82) is 5.26 Å². The van der Waals surface area contributed by atoms with Crippen LogP contribution in [0.1, 0.15) is 12.0 Å². The summed E-state index contributed by atoms with van der Waals surface area (Å²) in [5.41, 5.74) is 1.24. The number of hydrogen-bond donors (Lipinski definition) is 0. The quantitative estimate of drug-likeness (QED) is 0.503. The summed E-state index contributed by atoms with van der Waals surface area (Å²) in [6, 6.07) is 6.13. The highest BCUT2D eigenvalue weighted by molar-refractivity contribution is 5.01. The van der Waals surface area contributed by atoms with E-state index in [0.29, 0.717) is 32.8 Å². The Morgan fingerprint density at radius 3 is 2.71 bits per heavy atom. The predicted molar refractivity (Wildman–Crippen MR) is 63.2 cm³/mol. The first kappa shape index (κ1) is 13.6. The number of aryl methyl sites for hydroxylation is 1. The molecule has 0 unspecified atom stereocenters. The van der Waals surface area contributed by atoms with E-state index in [2.05, 4.69) is 23.8 Å². The lowest BCUT2D eigenvalue weighted by Gasteiger charge is -2.03. The molecule has 1 rings (SSSR count). The second-order valence-corrected chi connectivity index (χ2v) is 3.75. The van der Waals surface area contributed by atoms with Gasteiger partial charge in [0.15, 0.2) is 18.9 Å².